The standard InChI is InChI=1S/C20H19N5O/c1-24(14-16-8-10-18(11-9-16)25-13-5-12-21-25)15-19-22-20(23-26-19)17-6-3-2-4-7-17/h2-13H,14-15H2,1H3. The molecule has 4 aromatic rings. The molecular weight excluding hydrogens is 326 g/mol. The molecule has 0 fully saturated rings. The number of aromatic nitrogens is 4. The van der Waals surface area contributed by atoms with Gasteiger partial charge in [-0.3, -0.25) is 4.90 Å². The fourth-order valence-corrected chi connectivity index (χ4v) is 2.80. The molecular formula is C20H19N5O. The molecule has 0 aliphatic heterocycles. The van der Waals surface area contributed by atoms with Gasteiger partial charge in [0.2, 0.25) is 11.7 Å². The Labute approximate surface area is 151 Å². The zero-order chi connectivity index (χ0) is 17.8. The van der Waals surface area contributed by atoms with Crippen LogP contribution in [0.1, 0.15) is 11.5 Å². The summed E-state index contributed by atoms with van der Waals surface area (Å²) in [6.07, 6.45) is 3.71. The Morgan fingerprint density at radius 1 is 0.962 bits per heavy atom. The Hall–Kier alpha value is -3.25. The van der Waals surface area contributed by atoms with Gasteiger partial charge in [0.25, 0.3) is 0 Å². The minimum absolute atomic E-state index is 0.598. The predicted octanol–water partition coefficient (Wildman–Crippen LogP) is 3.55. The molecule has 2 aromatic carbocycles. The highest BCUT2D eigenvalue weighted by Gasteiger charge is 2.11. The lowest BCUT2D eigenvalue weighted by atomic mass is 10.2. The van der Waals surface area contributed by atoms with Crippen molar-refractivity contribution in [2.75, 3.05) is 7.05 Å². The fraction of sp³-hybridized carbons (Fsp3) is 0.150. The van der Waals surface area contributed by atoms with Crippen LogP contribution in [0.5, 0.6) is 0 Å². The Morgan fingerprint density at radius 3 is 2.50 bits per heavy atom. The molecule has 0 aliphatic carbocycles. The Bertz CT molecular complexity index is 946. The summed E-state index contributed by atoms with van der Waals surface area (Å²) < 4.78 is 7.23. The Balaban J connectivity index is 1.38. The van der Waals surface area contributed by atoms with Gasteiger partial charge < -0.3 is 4.52 Å². The van der Waals surface area contributed by atoms with Gasteiger partial charge in [-0.15, -0.1) is 0 Å². The number of benzene rings is 2. The van der Waals surface area contributed by atoms with Crippen LogP contribution in [0.15, 0.2) is 77.6 Å². The molecule has 0 radical (unpaired) electrons. The van der Waals surface area contributed by atoms with Gasteiger partial charge in [0.1, 0.15) is 0 Å². The van der Waals surface area contributed by atoms with Crippen LogP contribution in [0.3, 0.4) is 0 Å². The van der Waals surface area contributed by atoms with Gasteiger partial charge in [-0.1, -0.05) is 47.6 Å². The maximum Gasteiger partial charge on any atom is 0.241 e. The number of nitrogens with zero attached hydrogens (tertiary/aromatic N) is 5. The third kappa shape index (κ3) is 3.70. The van der Waals surface area contributed by atoms with E-state index in [-0.39, 0.29) is 0 Å². The third-order valence-corrected chi connectivity index (χ3v) is 4.06. The highest BCUT2D eigenvalue weighted by atomic mass is 16.5. The first-order valence-electron chi connectivity index (χ1n) is 8.43. The van der Waals surface area contributed by atoms with Crippen molar-refractivity contribution in [2.45, 2.75) is 13.1 Å². The minimum Gasteiger partial charge on any atom is -0.338 e. The molecule has 0 saturated carbocycles. The molecule has 130 valence electrons. The second-order valence-corrected chi connectivity index (χ2v) is 6.17. The van der Waals surface area contributed by atoms with Gasteiger partial charge in [-0.05, 0) is 30.8 Å². The van der Waals surface area contributed by atoms with Gasteiger partial charge in [-0.25, -0.2) is 4.68 Å². The van der Waals surface area contributed by atoms with Crippen molar-refractivity contribution < 1.29 is 4.52 Å². The second kappa shape index (κ2) is 7.33. The molecule has 0 saturated heterocycles. The van der Waals surface area contributed by atoms with E-state index in [1.165, 1.54) is 5.56 Å². The van der Waals surface area contributed by atoms with E-state index in [4.69, 9.17) is 4.52 Å². The first kappa shape index (κ1) is 16.2. The first-order valence-corrected chi connectivity index (χ1v) is 8.43. The molecule has 0 unspecified atom stereocenters. The zero-order valence-electron chi connectivity index (χ0n) is 14.5. The average Bonchev–Trinajstić information content (AvgIpc) is 3.35. The van der Waals surface area contributed by atoms with Crippen LogP contribution in [-0.4, -0.2) is 31.9 Å². The van der Waals surface area contributed by atoms with Crippen LogP contribution in [0, 0.1) is 0 Å². The van der Waals surface area contributed by atoms with E-state index >= 15 is 0 Å². The summed E-state index contributed by atoms with van der Waals surface area (Å²) in [7, 11) is 2.04. The van der Waals surface area contributed by atoms with Crippen molar-refractivity contribution in [2.24, 2.45) is 0 Å². The fourth-order valence-electron chi connectivity index (χ4n) is 2.80. The quantitative estimate of drug-likeness (QED) is 0.535. The first-order chi connectivity index (χ1) is 12.8. The van der Waals surface area contributed by atoms with E-state index < -0.39 is 0 Å². The van der Waals surface area contributed by atoms with Gasteiger partial charge in [-0.2, -0.15) is 10.1 Å². The Kier molecular flexibility index (Phi) is 4.57. The smallest absolute Gasteiger partial charge is 0.241 e. The van der Waals surface area contributed by atoms with Crippen LogP contribution >= 0.6 is 0 Å². The lowest BCUT2D eigenvalue weighted by Crippen LogP contribution is -2.17. The largest absolute Gasteiger partial charge is 0.338 e. The van der Waals surface area contributed by atoms with Crippen LogP contribution in [-0.2, 0) is 13.1 Å². The summed E-state index contributed by atoms with van der Waals surface area (Å²) in [6, 6.07) is 20.1. The van der Waals surface area contributed by atoms with E-state index in [2.05, 4.69) is 44.4 Å². The Morgan fingerprint density at radius 2 is 1.77 bits per heavy atom. The molecule has 0 aliphatic rings. The van der Waals surface area contributed by atoms with E-state index in [0.717, 1.165) is 17.8 Å². The molecule has 0 amide bonds. The summed E-state index contributed by atoms with van der Waals surface area (Å²) in [5.41, 5.74) is 3.22. The van der Waals surface area contributed by atoms with Crippen molar-refractivity contribution in [1.82, 2.24) is 24.8 Å². The summed E-state index contributed by atoms with van der Waals surface area (Å²) >= 11 is 0. The summed E-state index contributed by atoms with van der Waals surface area (Å²) in [4.78, 5) is 6.62. The number of hydrogen-bond acceptors (Lipinski definition) is 5. The number of hydrogen-bond donors (Lipinski definition) is 0. The monoisotopic (exact) mass is 345 g/mol. The van der Waals surface area contributed by atoms with Crippen molar-refractivity contribution in [3.63, 3.8) is 0 Å². The SMILES string of the molecule is CN(Cc1ccc(-n2cccn2)cc1)Cc1nc(-c2ccccc2)no1. The van der Waals surface area contributed by atoms with Crippen LogP contribution in [0.4, 0.5) is 0 Å². The molecule has 0 spiro atoms. The molecule has 0 bridgehead atoms. The highest BCUT2D eigenvalue weighted by Crippen LogP contribution is 2.16. The van der Waals surface area contributed by atoms with Gasteiger partial charge in [0.15, 0.2) is 0 Å². The molecule has 26 heavy (non-hydrogen) atoms. The van der Waals surface area contributed by atoms with E-state index in [9.17, 15) is 0 Å². The van der Waals surface area contributed by atoms with E-state index in [1.54, 1.807) is 6.20 Å². The summed E-state index contributed by atoms with van der Waals surface area (Å²) in [6.45, 7) is 1.39. The molecule has 0 atom stereocenters. The molecule has 2 aromatic heterocycles. The molecule has 4 rings (SSSR count). The summed E-state index contributed by atoms with van der Waals surface area (Å²) in [5, 5.41) is 8.30. The summed E-state index contributed by atoms with van der Waals surface area (Å²) in [5.74, 6) is 1.23. The topological polar surface area (TPSA) is 60.0 Å². The van der Waals surface area contributed by atoms with Gasteiger partial charge in [0, 0.05) is 24.5 Å². The van der Waals surface area contributed by atoms with Crippen LogP contribution in [0.2, 0.25) is 0 Å². The normalized spacial score (nSPS) is 11.2. The maximum atomic E-state index is 5.38. The van der Waals surface area contributed by atoms with Crippen molar-refractivity contribution in [1.29, 1.82) is 0 Å². The predicted molar refractivity (Wildman–Crippen MR) is 98.5 cm³/mol. The third-order valence-electron chi connectivity index (χ3n) is 4.06. The van der Waals surface area contributed by atoms with Gasteiger partial charge >= 0.3 is 0 Å². The number of rotatable bonds is 6. The van der Waals surface area contributed by atoms with E-state index in [1.807, 2.05) is 54.3 Å². The lowest BCUT2D eigenvalue weighted by Gasteiger charge is -2.14. The second-order valence-electron chi connectivity index (χ2n) is 6.17. The van der Waals surface area contributed by atoms with E-state index in [0.29, 0.717) is 18.3 Å². The van der Waals surface area contributed by atoms with Crippen molar-refractivity contribution >= 4 is 0 Å². The minimum atomic E-state index is 0.598. The van der Waals surface area contributed by atoms with Crippen LogP contribution < -0.4 is 0 Å². The van der Waals surface area contributed by atoms with Crippen molar-refractivity contribution in [3.05, 3.63) is 84.5 Å². The molecule has 6 nitrogen and oxygen atoms in total. The molecule has 2 heterocycles. The highest BCUT2D eigenvalue weighted by molar-refractivity contribution is 5.53. The lowest BCUT2D eigenvalue weighted by molar-refractivity contribution is 0.261. The van der Waals surface area contributed by atoms with Crippen LogP contribution in [0.25, 0.3) is 17.1 Å². The van der Waals surface area contributed by atoms with Crippen molar-refractivity contribution in [3.8, 4) is 17.1 Å². The average molecular weight is 345 g/mol. The zero-order valence-corrected chi connectivity index (χ0v) is 14.5. The molecule has 0 N–H and O–H groups in total. The maximum absolute atomic E-state index is 5.38. The molecule has 6 heteroatoms. The van der Waals surface area contributed by atoms with Gasteiger partial charge in [0.05, 0.1) is 12.2 Å².